The molecular weight excluding hydrogens is 328 g/mol. The Labute approximate surface area is 163 Å². The molecule has 0 fully saturated rings. The van der Waals surface area contributed by atoms with Crippen LogP contribution < -0.4 is 4.74 Å². The monoisotopic (exact) mass is 356 g/mol. The summed E-state index contributed by atoms with van der Waals surface area (Å²) >= 11 is 0. The number of hydrogen-bond acceptors (Lipinski definition) is 1. The zero-order valence-corrected chi connectivity index (χ0v) is 16.8. The topological polar surface area (TPSA) is 9.23 Å². The van der Waals surface area contributed by atoms with Gasteiger partial charge in [-0.15, -0.1) is 0 Å². The Hall–Kier alpha value is -2.80. The standard InChI is InChI=1S/C26H28O/c1-19-12-11-16-23(21-13-7-6-8-14-21)25(19)20(2)18-22-15-9-10-17-24(22)27-26(3,4)5/h6-17H,2,18H2,1,3-5H3. The average molecular weight is 357 g/mol. The molecule has 138 valence electrons. The van der Waals surface area contributed by atoms with Gasteiger partial charge in [0.25, 0.3) is 0 Å². The molecule has 0 spiro atoms. The first-order chi connectivity index (χ1) is 12.8. The summed E-state index contributed by atoms with van der Waals surface area (Å²) in [5, 5.41) is 0. The maximum atomic E-state index is 6.17. The smallest absolute Gasteiger partial charge is 0.123 e. The number of para-hydroxylation sites is 1. The summed E-state index contributed by atoms with van der Waals surface area (Å²) in [6.45, 7) is 12.8. The maximum absolute atomic E-state index is 6.17. The van der Waals surface area contributed by atoms with Crippen molar-refractivity contribution in [2.75, 3.05) is 0 Å². The van der Waals surface area contributed by atoms with Crippen LogP contribution in [0.15, 0.2) is 79.4 Å². The Morgan fingerprint density at radius 2 is 1.52 bits per heavy atom. The highest BCUT2D eigenvalue weighted by Crippen LogP contribution is 2.34. The quantitative estimate of drug-likeness (QED) is 0.474. The van der Waals surface area contributed by atoms with E-state index in [1.54, 1.807) is 0 Å². The third-order valence-electron chi connectivity index (χ3n) is 4.50. The normalized spacial score (nSPS) is 11.3. The van der Waals surface area contributed by atoms with Crippen LogP contribution in [0.25, 0.3) is 16.7 Å². The molecular formula is C26H28O. The van der Waals surface area contributed by atoms with Crippen molar-refractivity contribution in [1.29, 1.82) is 0 Å². The largest absolute Gasteiger partial charge is 0.488 e. The van der Waals surface area contributed by atoms with Gasteiger partial charge in [0, 0.05) is 6.42 Å². The summed E-state index contributed by atoms with van der Waals surface area (Å²) in [5.41, 5.74) is 6.97. The number of ether oxygens (including phenoxy) is 1. The third kappa shape index (κ3) is 4.68. The highest BCUT2D eigenvalue weighted by molar-refractivity contribution is 5.83. The lowest BCUT2D eigenvalue weighted by atomic mass is 9.88. The van der Waals surface area contributed by atoms with Gasteiger partial charge in [-0.05, 0) is 67.2 Å². The van der Waals surface area contributed by atoms with Crippen molar-refractivity contribution in [3.8, 4) is 16.9 Å². The summed E-state index contributed by atoms with van der Waals surface area (Å²) in [6, 6.07) is 25.2. The van der Waals surface area contributed by atoms with Gasteiger partial charge in [0.1, 0.15) is 11.4 Å². The van der Waals surface area contributed by atoms with E-state index in [-0.39, 0.29) is 5.60 Å². The molecule has 0 saturated heterocycles. The van der Waals surface area contributed by atoms with Gasteiger partial charge in [-0.2, -0.15) is 0 Å². The van der Waals surface area contributed by atoms with E-state index in [0.717, 1.165) is 17.7 Å². The second-order valence-electron chi connectivity index (χ2n) is 7.97. The van der Waals surface area contributed by atoms with E-state index in [9.17, 15) is 0 Å². The van der Waals surface area contributed by atoms with Crippen LogP contribution in [0.5, 0.6) is 5.75 Å². The first-order valence-electron chi connectivity index (χ1n) is 9.45. The fourth-order valence-electron chi connectivity index (χ4n) is 3.39. The molecule has 0 radical (unpaired) electrons. The van der Waals surface area contributed by atoms with Gasteiger partial charge in [0.2, 0.25) is 0 Å². The number of aryl methyl sites for hydroxylation is 1. The molecule has 1 heteroatoms. The molecule has 0 amide bonds. The Morgan fingerprint density at radius 3 is 2.22 bits per heavy atom. The first-order valence-corrected chi connectivity index (χ1v) is 9.45. The lowest BCUT2D eigenvalue weighted by Crippen LogP contribution is -2.23. The SMILES string of the molecule is C=C(Cc1ccccc1OC(C)(C)C)c1c(C)cccc1-c1ccccc1. The predicted molar refractivity (Wildman–Crippen MR) is 116 cm³/mol. The van der Waals surface area contributed by atoms with Crippen LogP contribution in [0.4, 0.5) is 0 Å². The fourth-order valence-corrected chi connectivity index (χ4v) is 3.39. The first kappa shape index (κ1) is 19.0. The second-order valence-corrected chi connectivity index (χ2v) is 7.97. The molecule has 0 atom stereocenters. The summed E-state index contributed by atoms with van der Waals surface area (Å²) in [4.78, 5) is 0. The highest BCUT2D eigenvalue weighted by Gasteiger charge is 2.17. The van der Waals surface area contributed by atoms with Crippen molar-refractivity contribution < 1.29 is 4.74 Å². The zero-order chi connectivity index (χ0) is 19.4. The summed E-state index contributed by atoms with van der Waals surface area (Å²) in [6.07, 6.45) is 0.761. The molecule has 3 aromatic carbocycles. The van der Waals surface area contributed by atoms with Crippen LogP contribution in [0.2, 0.25) is 0 Å². The molecule has 3 rings (SSSR count). The zero-order valence-electron chi connectivity index (χ0n) is 16.8. The van der Waals surface area contributed by atoms with Crippen molar-refractivity contribution >= 4 is 5.57 Å². The minimum atomic E-state index is -0.227. The van der Waals surface area contributed by atoms with Crippen molar-refractivity contribution in [3.05, 3.63) is 96.1 Å². The number of benzene rings is 3. The number of allylic oxidation sites excluding steroid dienone is 1. The minimum Gasteiger partial charge on any atom is -0.488 e. The number of rotatable bonds is 5. The van der Waals surface area contributed by atoms with E-state index in [4.69, 9.17) is 4.74 Å². The molecule has 0 unspecified atom stereocenters. The van der Waals surface area contributed by atoms with Gasteiger partial charge in [-0.25, -0.2) is 0 Å². The number of hydrogen-bond donors (Lipinski definition) is 0. The van der Waals surface area contributed by atoms with Crippen molar-refractivity contribution in [1.82, 2.24) is 0 Å². The van der Waals surface area contributed by atoms with Crippen LogP contribution >= 0.6 is 0 Å². The van der Waals surface area contributed by atoms with Gasteiger partial charge in [-0.1, -0.05) is 73.3 Å². The van der Waals surface area contributed by atoms with Crippen LogP contribution in [-0.2, 0) is 6.42 Å². The Bertz CT molecular complexity index is 930. The van der Waals surface area contributed by atoms with Gasteiger partial charge >= 0.3 is 0 Å². The van der Waals surface area contributed by atoms with E-state index < -0.39 is 0 Å². The fraction of sp³-hybridized carbons (Fsp3) is 0.231. The Kier molecular flexibility index (Phi) is 5.51. The van der Waals surface area contributed by atoms with Crippen molar-refractivity contribution in [2.45, 2.75) is 39.7 Å². The van der Waals surface area contributed by atoms with Crippen LogP contribution in [0.1, 0.15) is 37.5 Å². The summed E-state index contributed by atoms with van der Waals surface area (Å²) in [5.74, 6) is 0.931. The molecule has 0 aliphatic heterocycles. The molecule has 0 aromatic heterocycles. The third-order valence-corrected chi connectivity index (χ3v) is 4.50. The van der Waals surface area contributed by atoms with Crippen molar-refractivity contribution in [3.63, 3.8) is 0 Å². The molecule has 0 heterocycles. The van der Waals surface area contributed by atoms with Crippen LogP contribution in [0, 0.1) is 6.92 Å². The van der Waals surface area contributed by atoms with Gasteiger partial charge < -0.3 is 4.74 Å². The minimum absolute atomic E-state index is 0.227. The molecule has 0 N–H and O–H groups in total. The lowest BCUT2D eigenvalue weighted by molar-refractivity contribution is 0.129. The van der Waals surface area contributed by atoms with Crippen molar-refractivity contribution in [2.24, 2.45) is 0 Å². The van der Waals surface area contributed by atoms with E-state index in [0.29, 0.717) is 0 Å². The Morgan fingerprint density at radius 1 is 0.852 bits per heavy atom. The van der Waals surface area contributed by atoms with E-state index in [1.165, 1.54) is 27.8 Å². The molecule has 27 heavy (non-hydrogen) atoms. The molecule has 3 aromatic rings. The molecule has 0 aliphatic carbocycles. The van der Waals surface area contributed by atoms with Gasteiger partial charge in [0.15, 0.2) is 0 Å². The summed E-state index contributed by atoms with van der Waals surface area (Å²) < 4.78 is 6.17. The van der Waals surface area contributed by atoms with Crippen LogP contribution in [0.3, 0.4) is 0 Å². The predicted octanol–water partition coefficient (Wildman–Crippen LogP) is 7.10. The van der Waals surface area contributed by atoms with Gasteiger partial charge in [-0.3, -0.25) is 0 Å². The molecule has 0 saturated carbocycles. The van der Waals surface area contributed by atoms with E-state index >= 15 is 0 Å². The maximum Gasteiger partial charge on any atom is 0.123 e. The van der Waals surface area contributed by atoms with E-state index in [1.807, 2.05) is 18.2 Å². The van der Waals surface area contributed by atoms with Crippen LogP contribution in [-0.4, -0.2) is 5.60 Å². The molecule has 1 nitrogen and oxygen atoms in total. The average Bonchev–Trinajstić information content (AvgIpc) is 2.62. The highest BCUT2D eigenvalue weighted by atomic mass is 16.5. The summed E-state index contributed by atoms with van der Waals surface area (Å²) in [7, 11) is 0. The van der Waals surface area contributed by atoms with E-state index in [2.05, 4.69) is 88.9 Å². The molecule has 0 bridgehead atoms. The van der Waals surface area contributed by atoms with Gasteiger partial charge in [0.05, 0.1) is 0 Å². The molecule has 0 aliphatic rings. The second kappa shape index (κ2) is 7.84. The lowest BCUT2D eigenvalue weighted by Gasteiger charge is -2.24. The Balaban J connectivity index is 1.97.